The highest BCUT2D eigenvalue weighted by Gasteiger charge is 2.29. The standard InChI is InChI=1S/C17H27FN2/c1-5-12(2)17-9-19-14(4)10-20(17)11-15-8-16(18)7-6-13(15)3/h6-8,12,14,17,19H,5,9-11H2,1-4H3. The molecule has 3 atom stereocenters. The van der Waals surface area contributed by atoms with Gasteiger partial charge in [0.25, 0.3) is 0 Å². The minimum Gasteiger partial charge on any atom is -0.311 e. The Morgan fingerprint density at radius 2 is 2.20 bits per heavy atom. The number of rotatable bonds is 4. The van der Waals surface area contributed by atoms with Gasteiger partial charge in [-0.15, -0.1) is 0 Å². The van der Waals surface area contributed by atoms with Crippen LogP contribution in [0.15, 0.2) is 18.2 Å². The predicted molar refractivity (Wildman–Crippen MR) is 82.3 cm³/mol. The normalized spacial score (nSPS) is 25.6. The number of benzene rings is 1. The van der Waals surface area contributed by atoms with E-state index in [1.807, 2.05) is 6.07 Å². The number of piperazine rings is 1. The Kier molecular flexibility index (Phi) is 5.17. The summed E-state index contributed by atoms with van der Waals surface area (Å²) >= 11 is 0. The van der Waals surface area contributed by atoms with Crippen molar-refractivity contribution in [1.82, 2.24) is 10.2 Å². The average Bonchev–Trinajstić information content (AvgIpc) is 2.42. The summed E-state index contributed by atoms with van der Waals surface area (Å²) in [5, 5.41) is 3.57. The quantitative estimate of drug-likeness (QED) is 0.908. The molecule has 1 aromatic carbocycles. The van der Waals surface area contributed by atoms with Crippen LogP contribution in [0.2, 0.25) is 0 Å². The van der Waals surface area contributed by atoms with E-state index in [9.17, 15) is 4.39 Å². The van der Waals surface area contributed by atoms with Crippen LogP contribution in [0.3, 0.4) is 0 Å². The summed E-state index contributed by atoms with van der Waals surface area (Å²) in [5.74, 6) is 0.526. The molecule has 20 heavy (non-hydrogen) atoms. The molecular weight excluding hydrogens is 251 g/mol. The van der Waals surface area contributed by atoms with Gasteiger partial charge in [-0.25, -0.2) is 4.39 Å². The molecule has 1 aliphatic rings. The van der Waals surface area contributed by atoms with E-state index in [1.165, 1.54) is 12.0 Å². The zero-order valence-corrected chi connectivity index (χ0v) is 13.1. The Morgan fingerprint density at radius 1 is 1.45 bits per heavy atom. The second-order valence-corrected chi connectivity index (χ2v) is 6.26. The van der Waals surface area contributed by atoms with Crippen LogP contribution in [0, 0.1) is 18.7 Å². The summed E-state index contributed by atoms with van der Waals surface area (Å²) in [7, 11) is 0. The van der Waals surface area contributed by atoms with E-state index in [1.54, 1.807) is 12.1 Å². The van der Waals surface area contributed by atoms with E-state index in [4.69, 9.17) is 0 Å². The van der Waals surface area contributed by atoms with Crippen molar-refractivity contribution in [3.63, 3.8) is 0 Å². The van der Waals surface area contributed by atoms with Crippen LogP contribution >= 0.6 is 0 Å². The van der Waals surface area contributed by atoms with Crippen molar-refractivity contribution in [3.05, 3.63) is 35.1 Å². The summed E-state index contributed by atoms with van der Waals surface area (Å²) < 4.78 is 13.5. The molecule has 1 saturated heterocycles. The first-order valence-electron chi connectivity index (χ1n) is 7.73. The maximum atomic E-state index is 13.5. The molecule has 3 heteroatoms. The molecule has 1 heterocycles. The highest BCUT2D eigenvalue weighted by atomic mass is 19.1. The maximum absolute atomic E-state index is 13.5. The molecule has 0 bridgehead atoms. The third-order valence-corrected chi connectivity index (χ3v) is 4.64. The molecule has 3 unspecified atom stereocenters. The lowest BCUT2D eigenvalue weighted by Gasteiger charge is -2.42. The van der Waals surface area contributed by atoms with Gasteiger partial charge in [-0.2, -0.15) is 0 Å². The van der Waals surface area contributed by atoms with Crippen LogP contribution in [-0.2, 0) is 6.54 Å². The van der Waals surface area contributed by atoms with Gasteiger partial charge in [0.05, 0.1) is 0 Å². The van der Waals surface area contributed by atoms with Crippen LogP contribution in [0.25, 0.3) is 0 Å². The minimum absolute atomic E-state index is 0.131. The number of halogens is 1. The monoisotopic (exact) mass is 278 g/mol. The van der Waals surface area contributed by atoms with Crippen molar-refractivity contribution in [2.24, 2.45) is 5.92 Å². The minimum atomic E-state index is -0.131. The molecule has 112 valence electrons. The fourth-order valence-corrected chi connectivity index (χ4v) is 3.05. The highest BCUT2D eigenvalue weighted by molar-refractivity contribution is 5.26. The molecule has 0 spiro atoms. The van der Waals surface area contributed by atoms with Crippen molar-refractivity contribution in [2.75, 3.05) is 13.1 Å². The van der Waals surface area contributed by atoms with E-state index in [-0.39, 0.29) is 5.82 Å². The molecule has 0 amide bonds. The van der Waals surface area contributed by atoms with Gasteiger partial charge in [0, 0.05) is 31.7 Å². The second-order valence-electron chi connectivity index (χ2n) is 6.26. The Hall–Kier alpha value is -0.930. The molecule has 1 aliphatic heterocycles. The summed E-state index contributed by atoms with van der Waals surface area (Å²) in [6.07, 6.45) is 1.18. The smallest absolute Gasteiger partial charge is 0.123 e. The van der Waals surface area contributed by atoms with Crippen molar-refractivity contribution >= 4 is 0 Å². The molecule has 1 N–H and O–H groups in total. The lowest BCUT2D eigenvalue weighted by Crippen LogP contribution is -2.57. The SMILES string of the molecule is CCC(C)C1CNC(C)CN1Cc1cc(F)ccc1C. The zero-order valence-electron chi connectivity index (χ0n) is 13.1. The molecule has 1 fully saturated rings. The number of aryl methyl sites for hydroxylation is 1. The molecule has 1 aromatic rings. The van der Waals surface area contributed by atoms with Gasteiger partial charge in [-0.05, 0) is 43.0 Å². The highest BCUT2D eigenvalue weighted by Crippen LogP contribution is 2.22. The molecular formula is C17H27FN2. The summed E-state index contributed by atoms with van der Waals surface area (Å²) in [4.78, 5) is 2.52. The van der Waals surface area contributed by atoms with Gasteiger partial charge in [0.15, 0.2) is 0 Å². The van der Waals surface area contributed by atoms with Crippen LogP contribution < -0.4 is 5.32 Å². The van der Waals surface area contributed by atoms with E-state index in [2.05, 4.69) is 37.9 Å². The summed E-state index contributed by atoms with van der Waals surface area (Å²) in [6.45, 7) is 11.8. The van der Waals surface area contributed by atoms with Crippen molar-refractivity contribution in [3.8, 4) is 0 Å². The Balaban J connectivity index is 2.16. The molecule has 0 saturated carbocycles. The fourth-order valence-electron chi connectivity index (χ4n) is 3.05. The number of nitrogens with zero attached hydrogens (tertiary/aromatic N) is 1. The first-order chi connectivity index (χ1) is 9.51. The van der Waals surface area contributed by atoms with E-state index < -0.39 is 0 Å². The third kappa shape index (κ3) is 3.58. The van der Waals surface area contributed by atoms with E-state index in [0.29, 0.717) is 18.0 Å². The number of hydrogen-bond acceptors (Lipinski definition) is 2. The average molecular weight is 278 g/mol. The summed E-state index contributed by atoms with van der Waals surface area (Å²) in [5.41, 5.74) is 2.30. The van der Waals surface area contributed by atoms with Gasteiger partial charge in [-0.1, -0.05) is 26.3 Å². The fraction of sp³-hybridized carbons (Fsp3) is 0.647. The van der Waals surface area contributed by atoms with Crippen molar-refractivity contribution < 1.29 is 4.39 Å². The van der Waals surface area contributed by atoms with Gasteiger partial charge in [0.1, 0.15) is 5.82 Å². The summed E-state index contributed by atoms with van der Waals surface area (Å²) in [6, 6.07) is 6.17. The van der Waals surface area contributed by atoms with Crippen LogP contribution in [0.4, 0.5) is 4.39 Å². The molecule has 2 nitrogen and oxygen atoms in total. The maximum Gasteiger partial charge on any atom is 0.123 e. The molecule has 0 radical (unpaired) electrons. The van der Waals surface area contributed by atoms with Crippen LogP contribution in [0.5, 0.6) is 0 Å². The number of nitrogens with one attached hydrogen (secondary N) is 1. The van der Waals surface area contributed by atoms with Gasteiger partial charge in [0.2, 0.25) is 0 Å². The zero-order chi connectivity index (χ0) is 14.7. The van der Waals surface area contributed by atoms with Crippen LogP contribution in [0.1, 0.15) is 38.3 Å². The van der Waals surface area contributed by atoms with Gasteiger partial charge >= 0.3 is 0 Å². The lowest BCUT2D eigenvalue weighted by molar-refractivity contribution is 0.0882. The van der Waals surface area contributed by atoms with Gasteiger partial charge in [-0.3, -0.25) is 4.90 Å². The first-order valence-corrected chi connectivity index (χ1v) is 7.73. The Bertz CT molecular complexity index is 447. The second kappa shape index (κ2) is 6.68. The van der Waals surface area contributed by atoms with Crippen molar-refractivity contribution in [2.45, 2.75) is 52.7 Å². The van der Waals surface area contributed by atoms with E-state index in [0.717, 1.165) is 25.2 Å². The Morgan fingerprint density at radius 3 is 2.90 bits per heavy atom. The topological polar surface area (TPSA) is 15.3 Å². The van der Waals surface area contributed by atoms with Gasteiger partial charge < -0.3 is 5.32 Å². The lowest BCUT2D eigenvalue weighted by atomic mass is 9.94. The largest absolute Gasteiger partial charge is 0.311 e. The predicted octanol–water partition coefficient (Wildman–Crippen LogP) is 3.34. The molecule has 2 rings (SSSR count). The number of hydrogen-bond donors (Lipinski definition) is 1. The third-order valence-electron chi connectivity index (χ3n) is 4.64. The van der Waals surface area contributed by atoms with Crippen LogP contribution in [-0.4, -0.2) is 30.1 Å². The molecule has 0 aliphatic carbocycles. The Labute approximate surface area is 122 Å². The van der Waals surface area contributed by atoms with E-state index >= 15 is 0 Å². The first kappa shape index (κ1) is 15.5. The molecule has 0 aromatic heterocycles. The van der Waals surface area contributed by atoms with Crippen molar-refractivity contribution in [1.29, 1.82) is 0 Å².